The average Bonchev–Trinajstić information content (AvgIpc) is 1.55. The van der Waals surface area contributed by atoms with Crippen LogP contribution in [0.2, 0.25) is 15.1 Å². The first kappa shape index (κ1) is 78.4. The predicted octanol–water partition coefficient (Wildman–Crippen LogP) is 21.2. The van der Waals surface area contributed by atoms with E-state index < -0.39 is 40.2 Å². The number of hydrogen-bond acceptors (Lipinski definition) is 15. The third-order valence-electron chi connectivity index (χ3n) is 14.2. The van der Waals surface area contributed by atoms with E-state index >= 15 is 13.2 Å². The summed E-state index contributed by atoms with van der Waals surface area (Å²) in [5.41, 5.74) is 24.7. The molecule has 17 nitrogen and oxygen atoms in total. The van der Waals surface area contributed by atoms with Gasteiger partial charge in [-0.05, 0) is 170 Å². The number of halogens is 7. The Morgan fingerprint density at radius 1 is 0.520 bits per heavy atom. The van der Waals surface area contributed by atoms with Crippen LogP contribution in [-0.4, -0.2) is 49.3 Å². The van der Waals surface area contributed by atoms with Crippen molar-refractivity contribution in [2.24, 2.45) is 5.73 Å². The van der Waals surface area contributed by atoms with E-state index in [4.69, 9.17) is 61.5 Å². The van der Waals surface area contributed by atoms with Gasteiger partial charge in [0, 0.05) is 95.0 Å². The molecule has 522 valence electrons. The van der Waals surface area contributed by atoms with Gasteiger partial charge in [-0.15, -0.1) is 12.4 Å². The Bertz CT molecular complexity index is 4980. The van der Waals surface area contributed by atoms with Crippen molar-refractivity contribution in [3.05, 3.63) is 247 Å². The average molecular weight is 1580 g/mol. The number of ether oxygens (including phenoxy) is 2. The van der Waals surface area contributed by atoms with E-state index in [0.717, 1.165) is 20.5 Å². The summed E-state index contributed by atoms with van der Waals surface area (Å²) in [5, 5.41) is 21.1. The van der Waals surface area contributed by atoms with E-state index in [-0.39, 0.29) is 74.7 Å². The molecule has 0 aliphatic carbocycles. The van der Waals surface area contributed by atoms with E-state index in [9.17, 15) is 24.5 Å². The number of anilines is 5. The predicted molar refractivity (Wildman–Crippen MR) is 400 cm³/mol. The van der Waals surface area contributed by atoms with Crippen LogP contribution < -0.4 is 33.2 Å². The maximum absolute atomic E-state index is 15.9. The van der Waals surface area contributed by atoms with Crippen LogP contribution in [0.25, 0.3) is 64.0 Å². The minimum atomic E-state index is -0.684. The van der Waals surface area contributed by atoms with Gasteiger partial charge in [0.25, 0.3) is 5.69 Å². The largest absolute Gasteiger partial charge is 0.444 e. The van der Waals surface area contributed by atoms with Gasteiger partial charge < -0.3 is 39.4 Å². The molecule has 0 spiro atoms. The number of nitro groups is 1. The molecule has 9 aromatic carbocycles. The van der Waals surface area contributed by atoms with Crippen molar-refractivity contribution in [2.75, 3.05) is 27.4 Å². The Balaban J connectivity index is 0.000000208. The number of thiazole rings is 3. The van der Waals surface area contributed by atoms with Crippen molar-refractivity contribution < 1.29 is 62.4 Å². The number of nitrogens with two attached hydrogens (primary N) is 3. The summed E-state index contributed by atoms with van der Waals surface area (Å²) in [4.78, 5) is 59.2. The molecule has 0 atom stereocenters. The molecule has 0 saturated carbocycles. The topological polar surface area (TPSA) is 266 Å². The Morgan fingerprint density at radius 3 is 1.20 bits per heavy atom. The number of carbonyl (C=O) groups excluding carboxylic acids is 3. The van der Waals surface area contributed by atoms with Crippen molar-refractivity contribution >= 4 is 163 Å². The minimum absolute atomic E-state index is 0. The fourth-order valence-corrected chi connectivity index (χ4v) is 13.4. The molecular formula is C72H64Cl4F3N10O7PdS3-. The first-order chi connectivity index (χ1) is 46.0. The first-order valence-electron chi connectivity index (χ1n) is 29.6. The summed E-state index contributed by atoms with van der Waals surface area (Å²) in [6, 6.07) is 45.8. The number of hydrogen-bond donors (Lipinski definition) is 6. The Labute approximate surface area is 620 Å². The van der Waals surface area contributed by atoms with Gasteiger partial charge in [-0.25, -0.2) is 42.5 Å². The van der Waals surface area contributed by atoms with Crippen LogP contribution in [-0.2, 0) is 49.2 Å². The maximum atomic E-state index is 15.9. The molecule has 12 aromatic rings. The zero-order valence-electron chi connectivity index (χ0n) is 54.3. The molecule has 9 N–H and O–H groups in total. The fraction of sp³-hybridized carbons (Fsp3) is 0.153. The van der Waals surface area contributed by atoms with E-state index in [2.05, 4.69) is 30.9 Å². The number of amides is 4. The number of benzene rings is 9. The quantitative estimate of drug-likeness (QED) is 0.0207. The summed E-state index contributed by atoms with van der Waals surface area (Å²) in [5.74, 6) is -1.22. The van der Waals surface area contributed by atoms with Crippen molar-refractivity contribution in [3.8, 4) is 33.4 Å². The molecule has 3 heterocycles. The van der Waals surface area contributed by atoms with Gasteiger partial charge in [-0.2, -0.15) is 0 Å². The smallest absolute Gasteiger partial charge is 0.413 e. The molecule has 0 saturated heterocycles. The second-order valence-corrected chi connectivity index (χ2v) is 28.4. The van der Waals surface area contributed by atoms with Gasteiger partial charge in [0.1, 0.15) is 28.7 Å². The zero-order valence-corrected chi connectivity index (χ0v) is 61.4. The van der Waals surface area contributed by atoms with E-state index in [1.807, 2.05) is 24.3 Å². The molecule has 0 bridgehead atoms. The number of nitrogens with zero attached hydrogens (tertiary/aromatic N) is 4. The number of rotatable bonds is 13. The molecule has 0 aliphatic heterocycles. The standard InChI is InChI=1S/C25H21ClFN3O4S.C25H23ClFN3O2S.C21H16ClFN4OS.CH3.ClH.Pd/c1-25(2,3)34-24(31)29-23-28-22-19(35-23)13-16(11-14-7-9-18(10-8-14)30(32)33)21(27)20(22)15-5-4-6-17(26)12-15;1-25(2,3)32-24(31)30-23-29-22-19(33-23)13-16(11-14-7-9-18(28)10-8-14)21(27)20(22)15-5-4-6-17(26)12-15;22-14-3-1-2-12(9-14)17-18(23)13(10-16-19(17)27-21(25)29-16)8-11-4-6-15(7-5-11)26-20(24)28;;;/h4-10,12-13H,11H2,1-3H3,(H,28,29,31);4-10,12-13H,11,28H2,1-3H3,(H,29,30,31);1-7,9-10H,8H2,(H2,25,27)(H3,24,26,28);1H3;1H;/q;;;-1;;. The van der Waals surface area contributed by atoms with Crippen molar-refractivity contribution in [2.45, 2.75) is 72.0 Å². The molecule has 0 unspecified atom stereocenters. The van der Waals surface area contributed by atoms with Crippen LogP contribution in [0.1, 0.15) is 74.9 Å². The maximum Gasteiger partial charge on any atom is 0.413 e. The van der Waals surface area contributed by atoms with Crippen LogP contribution in [0.4, 0.5) is 60.0 Å². The van der Waals surface area contributed by atoms with Crippen LogP contribution in [0.15, 0.2) is 164 Å². The van der Waals surface area contributed by atoms with Crippen molar-refractivity contribution in [1.29, 1.82) is 0 Å². The van der Waals surface area contributed by atoms with Gasteiger partial charge in [0.15, 0.2) is 15.4 Å². The van der Waals surface area contributed by atoms with Crippen LogP contribution in [0.5, 0.6) is 0 Å². The van der Waals surface area contributed by atoms with Crippen LogP contribution in [0.3, 0.4) is 0 Å². The van der Waals surface area contributed by atoms with Gasteiger partial charge in [-0.3, -0.25) is 20.7 Å². The monoisotopic (exact) mass is 1580 g/mol. The summed E-state index contributed by atoms with van der Waals surface area (Å²) in [7, 11) is 0. The summed E-state index contributed by atoms with van der Waals surface area (Å²) < 4.78 is 60.2. The number of aromatic nitrogens is 3. The molecule has 100 heavy (non-hydrogen) atoms. The number of primary amides is 1. The summed E-state index contributed by atoms with van der Waals surface area (Å²) >= 11 is 22.3. The SMILES string of the molecule is CC(C)(C)OC(=O)Nc1nc2c(-c3cccc(Cl)c3)c(F)c(Cc3ccc(N)cc3)cc2s1.CC(C)(C)OC(=O)Nc1nc2c(-c3cccc(Cl)c3)c(F)c(Cc3ccc([N+](=O)[O-])cc3)cc2s1.Cl.NC(=O)Nc1ccc(Cc2cc3sc(N)nc3c(-c3cccc(Cl)c3)c2F)cc1.[CH3-].[Pd]. The number of fused-ring (bicyclic) bond motifs is 3. The molecule has 28 heteroatoms. The van der Waals surface area contributed by atoms with E-state index in [1.54, 1.807) is 169 Å². The Morgan fingerprint density at radius 2 is 0.860 bits per heavy atom. The normalized spacial score (nSPS) is 11.0. The number of carbonyl (C=O) groups is 3. The minimum Gasteiger partial charge on any atom is -0.444 e. The van der Waals surface area contributed by atoms with Crippen LogP contribution >= 0.6 is 81.2 Å². The molecule has 0 radical (unpaired) electrons. The number of nitrogens with one attached hydrogen (secondary N) is 3. The van der Waals surface area contributed by atoms with Gasteiger partial charge in [0.05, 0.1) is 35.6 Å². The number of nitro benzene ring substituents is 1. The second kappa shape index (κ2) is 33.5. The molecule has 4 amide bonds. The van der Waals surface area contributed by atoms with Gasteiger partial charge in [-0.1, -0.05) is 142 Å². The molecule has 12 rings (SSSR count). The number of non-ortho nitro benzene ring substituents is 1. The van der Waals surface area contributed by atoms with Gasteiger partial charge in [0.2, 0.25) is 0 Å². The fourth-order valence-electron chi connectivity index (χ4n) is 10.2. The third kappa shape index (κ3) is 20.2. The summed E-state index contributed by atoms with van der Waals surface area (Å²) in [6.45, 7) is 10.6. The number of urea groups is 1. The third-order valence-corrected chi connectivity index (χ3v) is 17.6. The summed E-state index contributed by atoms with van der Waals surface area (Å²) in [6.07, 6.45) is -0.326. The second-order valence-electron chi connectivity index (χ2n) is 24.0. The molecule has 0 fully saturated rings. The van der Waals surface area contributed by atoms with Gasteiger partial charge >= 0.3 is 18.2 Å². The van der Waals surface area contributed by atoms with Crippen molar-refractivity contribution in [1.82, 2.24) is 15.0 Å². The first-order valence-corrected chi connectivity index (χ1v) is 33.2. The van der Waals surface area contributed by atoms with Crippen molar-refractivity contribution in [3.63, 3.8) is 0 Å². The zero-order chi connectivity index (χ0) is 69.6. The molecule has 0 aliphatic rings. The number of nitrogen functional groups attached to an aromatic ring is 2. The van der Waals surface area contributed by atoms with E-state index in [0.29, 0.717) is 121 Å². The Hall–Kier alpha value is -8.93. The molecule has 3 aromatic heterocycles. The Kier molecular flexibility index (Phi) is 26.3. The van der Waals surface area contributed by atoms with Crippen LogP contribution in [0, 0.1) is 35.0 Å². The van der Waals surface area contributed by atoms with E-state index in [1.165, 1.54) is 46.1 Å². The molecular weight excluding hydrogens is 1520 g/mol.